The number of carbonyl (C=O) groups is 2. The first-order valence-electron chi connectivity index (χ1n) is 9.71. The lowest BCUT2D eigenvalue weighted by atomic mass is 10.1. The second-order valence-corrected chi connectivity index (χ2v) is 7.45. The summed E-state index contributed by atoms with van der Waals surface area (Å²) in [5, 5.41) is 36.2. The van der Waals surface area contributed by atoms with Gasteiger partial charge in [-0.05, 0) is 31.2 Å². The van der Waals surface area contributed by atoms with E-state index in [0.29, 0.717) is 23.3 Å². The zero-order chi connectivity index (χ0) is 24.8. The van der Waals surface area contributed by atoms with Gasteiger partial charge in [0.05, 0.1) is 50.5 Å². The molecule has 0 atom stereocenters. The van der Waals surface area contributed by atoms with Crippen LogP contribution < -0.4 is 0 Å². The molecule has 1 aromatic rings. The standard InChI is InChI=1S/C22H24BrN5O5/c1-15(28(8-6-20(30)32-2)9-7-21(31)33-3)4-5-19(14-29)26-27-22-16(12-24)10-18(23)11-17(22)13-25/h4-5,10-11,29H,6-9,14H2,1-3H3/b15-4+,19-5+,27-26?. The largest absolute Gasteiger partial charge is 0.469 e. The van der Waals surface area contributed by atoms with Gasteiger partial charge >= 0.3 is 11.9 Å². The first kappa shape index (κ1) is 27.5. The molecule has 1 rings (SSSR count). The van der Waals surface area contributed by atoms with Crippen molar-refractivity contribution in [2.75, 3.05) is 33.9 Å². The molecular formula is C22H24BrN5O5. The zero-order valence-corrected chi connectivity index (χ0v) is 20.1. The molecule has 11 heteroatoms. The van der Waals surface area contributed by atoms with Gasteiger partial charge in [0.2, 0.25) is 0 Å². The van der Waals surface area contributed by atoms with E-state index < -0.39 is 6.61 Å². The molecule has 0 fully saturated rings. The second kappa shape index (κ2) is 14.5. The number of hydrogen-bond donors (Lipinski definition) is 1. The first-order valence-corrected chi connectivity index (χ1v) is 10.5. The molecule has 0 amide bonds. The van der Waals surface area contributed by atoms with Crippen LogP contribution in [0, 0.1) is 22.7 Å². The molecule has 10 nitrogen and oxygen atoms in total. The number of ether oxygens (including phenoxy) is 2. The maximum atomic E-state index is 11.5. The third-order valence-corrected chi connectivity index (χ3v) is 4.86. The summed E-state index contributed by atoms with van der Waals surface area (Å²) in [5.41, 5.74) is 1.28. The quantitative estimate of drug-likeness (QED) is 0.266. The summed E-state index contributed by atoms with van der Waals surface area (Å²) < 4.78 is 9.89. The Labute approximate surface area is 200 Å². The number of nitrogens with zero attached hydrogens (tertiary/aromatic N) is 5. The van der Waals surface area contributed by atoms with Gasteiger partial charge in [0.25, 0.3) is 0 Å². The van der Waals surface area contributed by atoms with E-state index >= 15 is 0 Å². The predicted octanol–water partition coefficient (Wildman–Crippen LogP) is 3.48. The summed E-state index contributed by atoms with van der Waals surface area (Å²) >= 11 is 3.23. The van der Waals surface area contributed by atoms with Crippen molar-refractivity contribution in [3.8, 4) is 12.1 Å². The number of methoxy groups -OCH3 is 2. The topological polar surface area (TPSA) is 148 Å². The van der Waals surface area contributed by atoms with Crippen LogP contribution in [0.15, 0.2) is 50.4 Å². The Kier molecular flexibility index (Phi) is 12.1. The summed E-state index contributed by atoms with van der Waals surface area (Å²) in [6.45, 7) is 1.95. The molecule has 1 N–H and O–H groups in total. The lowest BCUT2D eigenvalue weighted by molar-refractivity contribution is -0.140. The highest BCUT2D eigenvalue weighted by molar-refractivity contribution is 9.10. The number of benzene rings is 1. The van der Waals surface area contributed by atoms with E-state index in [0.717, 1.165) is 0 Å². The van der Waals surface area contributed by atoms with Crippen molar-refractivity contribution in [2.24, 2.45) is 10.2 Å². The average Bonchev–Trinajstić information content (AvgIpc) is 2.83. The van der Waals surface area contributed by atoms with Crippen molar-refractivity contribution >= 4 is 33.6 Å². The Balaban J connectivity index is 3.14. The van der Waals surface area contributed by atoms with Crippen LogP contribution in [0.25, 0.3) is 0 Å². The Morgan fingerprint density at radius 1 is 1.09 bits per heavy atom. The molecule has 33 heavy (non-hydrogen) atoms. The summed E-state index contributed by atoms with van der Waals surface area (Å²) in [6.07, 6.45) is 3.41. The number of aliphatic hydroxyl groups is 1. The highest BCUT2D eigenvalue weighted by Gasteiger charge is 2.12. The van der Waals surface area contributed by atoms with Gasteiger partial charge in [-0.2, -0.15) is 15.6 Å². The number of carbonyl (C=O) groups excluding carboxylic acids is 2. The smallest absolute Gasteiger partial charge is 0.307 e. The van der Waals surface area contributed by atoms with Crippen molar-refractivity contribution in [2.45, 2.75) is 19.8 Å². The molecule has 0 radical (unpaired) electrons. The third-order valence-electron chi connectivity index (χ3n) is 4.40. The molecule has 0 saturated heterocycles. The van der Waals surface area contributed by atoms with E-state index in [1.54, 1.807) is 17.9 Å². The van der Waals surface area contributed by atoms with Gasteiger partial charge in [-0.15, -0.1) is 5.11 Å². The lowest BCUT2D eigenvalue weighted by Gasteiger charge is -2.24. The molecule has 0 aromatic heterocycles. The molecule has 0 heterocycles. The molecule has 0 saturated carbocycles. The molecular weight excluding hydrogens is 494 g/mol. The van der Waals surface area contributed by atoms with Gasteiger partial charge in [-0.1, -0.05) is 15.9 Å². The fourth-order valence-corrected chi connectivity index (χ4v) is 3.01. The maximum Gasteiger partial charge on any atom is 0.307 e. The van der Waals surface area contributed by atoms with Crippen LogP contribution in [-0.2, 0) is 19.1 Å². The van der Waals surface area contributed by atoms with E-state index in [4.69, 9.17) is 0 Å². The van der Waals surface area contributed by atoms with Gasteiger partial charge in [0.1, 0.15) is 17.8 Å². The van der Waals surface area contributed by atoms with E-state index in [2.05, 4.69) is 35.6 Å². The van der Waals surface area contributed by atoms with Crippen molar-refractivity contribution in [3.05, 3.63) is 51.3 Å². The minimum atomic E-state index is -0.447. The monoisotopic (exact) mass is 517 g/mol. The van der Waals surface area contributed by atoms with Crippen molar-refractivity contribution in [3.63, 3.8) is 0 Å². The van der Waals surface area contributed by atoms with Crippen molar-refractivity contribution in [1.29, 1.82) is 10.5 Å². The third kappa shape index (κ3) is 9.23. The second-order valence-electron chi connectivity index (χ2n) is 6.54. The summed E-state index contributed by atoms with van der Waals surface area (Å²) in [5.74, 6) is -0.773. The molecule has 0 unspecified atom stereocenters. The van der Waals surface area contributed by atoms with Crippen molar-refractivity contribution < 1.29 is 24.2 Å². The Morgan fingerprint density at radius 2 is 1.61 bits per heavy atom. The summed E-state index contributed by atoms with van der Waals surface area (Å²) in [7, 11) is 2.60. The van der Waals surface area contributed by atoms with Gasteiger partial charge in [0.15, 0.2) is 0 Å². The molecule has 1 aromatic carbocycles. The molecule has 0 aliphatic heterocycles. The van der Waals surface area contributed by atoms with Crippen LogP contribution in [-0.4, -0.2) is 55.9 Å². The van der Waals surface area contributed by atoms with Crippen LogP contribution >= 0.6 is 15.9 Å². The number of esters is 2. The van der Waals surface area contributed by atoms with Crippen LogP contribution in [0.3, 0.4) is 0 Å². The van der Waals surface area contributed by atoms with Gasteiger partial charge < -0.3 is 19.5 Å². The number of rotatable bonds is 11. The number of azo groups is 1. The van der Waals surface area contributed by atoms with Crippen LogP contribution in [0.5, 0.6) is 0 Å². The number of hydrogen-bond acceptors (Lipinski definition) is 10. The number of halogens is 1. The van der Waals surface area contributed by atoms with Gasteiger partial charge in [-0.25, -0.2) is 0 Å². The van der Waals surface area contributed by atoms with E-state index in [1.165, 1.54) is 32.4 Å². The van der Waals surface area contributed by atoms with Gasteiger partial charge in [-0.3, -0.25) is 9.59 Å². The highest BCUT2D eigenvalue weighted by Crippen LogP contribution is 2.28. The Hall–Kier alpha value is -3.54. The molecule has 0 spiro atoms. The minimum Gasteiger partial charge on any atom is -0.469 e. The number of allylic oxidation sites excluding steroid dienone is 3. The number of nitriles is 2. The molecule has 0 bridgehead atoms. The van der Waals surface area contributed by atoms with E-state index in [-0.39, 0.29) is 47.3 Å². The van der Waals surface area contributed by atoms with Crippen molar-refractivity contribution in [1.82, 2.24) is 4.90 Å². The average molecular weight is 518 g/mol. The summed E-state index contributed by atoms with van der Waals surface area (Å²) in [6, 6.07) is 6.96. The van der Waals surface area contributed by atoms with Crippen LogP contribution in [0.1, 0.15) is 30.9 Å². The fourth-order valence-electron chi connectivity index (χ4n) is 2.55. The van der Waals surface area contributed by atoms with E-state index in [9.17, 15) is 25.2 Å². The van der Waals surface area contributed by atoms with E-state index in [1.807, 2.05) is 12.1 Å². The SMILES string of the molecule is COC(=O)CCN(CCC(=O)OC)/C(C)=C/C=C(\CO)N=Nc1c(C#N)cc(Br)cc1C#N. The number of aliphatic hydroxyl groups excluding tert-OH is 1. The minimum absolute atomic E-state index is 0.0982. The molecule has 0 aliphatic rings. The van der Waals surface area contributed by atoms with Gasteiger partial charge in [0, 0.05) is 23.3 Å². The first-order chi connectivity index (χ1) is 15.8. The molecule has 174 valence electrons. The van der Waals surface area contributed by atoms with Crippen LogP contribution in [0.4, 0.5) is 5.69 Å². The fraction of sp³-hybridized carbons (Fsp3) is 0.364. The zero-order valence-electron chi connectivity index (χ0n) is 18.5. The summed E-state index contributed by atoms with van der Waals surface area (Å²) in [4.78, 5) is 24.8. The lowest BCUT2D eigenvalue weighted by Crippen LogP contribution is -2.28. The Bertz CT molecular complexity index is 982. The Morgan fingerprint density at radius 3 is 2.03 bits per heavy atom. The predicted molar refractivity (Wildman–Crippen MR) is 122 cm³/mol. The normalized spacial score (nSPS) is 11.6. The van der Waals surface area contributed by atoms with Crippen LogP contribution in [0.2, 0.25) is 0 Å². The maximum absolute atomic E-state index is 11.5. The molecule has 0 aliphatic carbocycles. The highest BCUT2D eigenvalue weighted by atomic mass is 79.9.